The monoisotopic (exact) mass is 621 g/mol. The Labute approximate surface area is 265 Å². The molecule has 0 aromatic carbocycles. The molecule has 0 atom stereocenters. The average Bonchev–Trinajstić information content (AvgIpc) is 2.93. The molecule has 243 valence electrons. The molecule has 0 aliphatic carbocycles. The van der Waals surface area contributed by atoms with Crippen LogP contribution in [0.5, 0.6) is 0 Å². The van der Waals surface area contributed by atoms with E-state index in [1.165, 1.54) is 154 Å². The minimum Gasteiger partial charge on any atom is -0.545 e. The number of allylic oxidation sites excluding steroid dienone is 2. The molecule has 5 heteroatoms. The van der Waals surface area contributed by atoms with Crippen LogP contribution in [0.4, 0.5) is 0 Å². The second-order valence-corrected chi connectivity index (χ2v) is 11.5. The van der Waals surface area contributed by atoms with Crippen LogP contribution in [0, 0.1) is 0 Å². The molecule has 4 nitrogen and oxygen atoms in total. The molecule has 0 aromatic rings. The third-order valence-corrected chi connectivity index (χ3v) is 7.46. The molecular weight excluding hydrogens is 555 g/mol. The summed E-state index contributed by atoms with van der Waals surface area (Å²) in [6.07, 6.45) is 42.4. The normalized spacial score (nSPS) is 11.0. The first kappa shape index (κ1) is 44.4. The van der Waals surface area contributed by atoms with Gasteiger partial charge in [0.15, 0.2) is 0 Å². The van der Waals surface area contributed by atoms with E-state index in [9.17, 15) is 19.8 Å². The number of hydrogen-bond donors (Lipinski definition) is 0. The summed E-state index contributed by atoms with van der Waals surface area (Å²) in [6.45, 7) is 4.53. The van der Waals surface area contributed by atoms with Gasteiger partial charge in [0.1, 0.15) is 0 Å². The predicted molar refractivity (Wildman–Crippen MR) is 169 cm³/mol. The van der Waals surface area contributed by atoms with E-state index in [1.54, 1.807) is 12.2 Å². The van der Waals surface area contributed by atoms with Crippen LogP contribution >= 0.6 is 0 Å². The maximum absolute atomic E-state index is 10.1. The fourth-order valence-corrected chi connectivity index (χ4v) is 4.92. The molecule has 0 N–H and O–H groups in total. The first-order chi connectivity index (χ1) is 19.5. The fourth-order valence-electron chi connectivity index (χ4n) is 4.92. The molecule has 0 rings (SSSR count). The Morgan fingerprint density at radius 2 is 0.585 bits per heavy atom. The Morgan fingerprint density at radius 3 is 0.780 bits per heavy atom. The van der Waals surface area contributed by atoms with Crippen LogP contribution in [0.15, 0.2) is 24.3 Å². The van der Waals surface area contributed by atoms with Gasteiger partial charge in [-0.2, -0.15) is 0 Å². The quantitative estimate of drug-likeness (QED) is 0.0591. The fraction of sp³-hybridized carbons (Fsp3) is 0.833. The van der Waals surface area contributed by atoms with Crippen LogP contribution in [0.3, 0.4) is 0 Å². The second-order valence-electron chi connectivity index (χ2n) is 11.5. The van der Waals surface area contributed by atoms with E-state index in [1.807, 2.05) is 0 Å². The summed E-state index contributed by atoms with van der Waals surface area (Å²) in [7, 11) is 0. The number of aliphatic carboxylic acids is 2. The molecule has 0 aliphatic heterocycles. The molecule has 0 unspecified atom stereocenters. The SMILES string of the molecule is CCCCCCCCCCCCCCCC=CC(=O)[O-].CCCCCCCCCCCCCCCC=CC(=O)[O-].[Co+2]. The maximum Gasteiger partial charge on any atom is 2.00 e. The average molecular weight is 622 g/mol. The predicted octanol–water partition coefficient (Wildman–Crippen LogP) is 9.55. The van der Waals surface area contributed by atoms with Crippen LogP contribution in [0.1, 0.15) is 194 Å². The van der Waals surface area contributed by atoms with E-state index in [0.717, 1.165) is 37.8 Å². The van der Waals surface area contributed by atoms with Crippen molar-refractivity contribution in [3.05, 3.63) is 24.3 Å². The largest absolute Gasteiger partial charge is 2.00 e. The Bertz CT molecular complexity index is 524. The van der Waals surface area contributed by atoms with Gasteiger partial charge < -0.3 is 19.8 Å². The zero-order valence-electron chi connectivity index (χ0n) is 27.1. The summed E-state index contributed by atoms with van der Waals surface area (Å²) in [5.74, 6) is -2.17. The van der Waals surface area contributed by atoms with Gasteiger partial charge in [-0.25, -0.2) is 0 Å². The number of hydrogen-bond acceptors (Lipinski definition) is 4. The van der Waals surface area contributed by atoms with Gasteiger partial charge >= 0.3 is 16.8 Å². The topological polar surface area (TPSA) is 80.3 Å². The summed E-state index contributed by atoms with van der Waals surface area (Å²) in [4.78, 5) is 20.3. The number of rotatable bonds is 30. The van der Waals surface area contributed by atoms with E-state index >= 15 is 0 Å². The number of unbranched alkanes of at least 4 members (excludes halogenated alkanes) is 26. The summed E-state index contributed by atoms with van der Waals surface area (Å²) < 4.78 is 0. The van der Waals surface area contributed by atoms with E-state index < -0.39 is 11.9 Å². The Morgan fingerprint density at radius 1 is 0.390 bits per heavy atom. The van der Waals surface area contributed by atoms with Gasteiger partial charge in [0.2, 0.25) is 0 Å². The van der Waals surface area contributed by atoms with Gasteiger partial charge in [-0.3, -0.25) is 0 Å². The Kier molecular flexibility index (Phi) is 44.4. The summed E-state index contributed by atoms with van der Waals surface area (Å²) in [5.41, 5.74) is 0. The molecule has 0 bridgehead atoms. The van der Waals surface area contributed by atoms with E-state index in [4.69, 9.17) is 0 Å². The van der Waals surface area contributed by atoms with Gasteiger partial charge in [-0.05, 0) is 37.8 Å². The van der Waals surface area contributed by atoms with Crippen molar-refractivity contribution in [3.63, 3.8) is 0 Å². The minimum absolute atomic E-state index is 0. The van der Waals surface area contributed by atoms with E-state index in [0.29, 0.717) is 0 Å². The van der Waals surface area contributed by atoms with Crippen LogP contribution in [0.25, 0.3) is 0 Å². The maximum atomic E-state index is 10.1. The van der Waals surface area contributed by atoms with Gasteiger partial charge in [0.25, 0.3) is 0 Å². The molecule has 0 aromatic heterocycles. The molecule has 0 amide bonds. The van der Waals surface area contributed by atoms with Crippen LogP contribution in [-0.4, -0.2) is 11.9 Å². The summed E-state index contributed by atoms with van der Waals surface area (Å²) in [5, 5.41) is 20.3. The zero-order chi connectivity index (χ0) is 29.8. The molecule has 0 saturated carbocycles. The number of carboxylic acids is 2. The molecule has 0 heterocycles. The molecule has 0 saturated heterocycles. The molecule has 0 fully saturated rings. The molecule has 1 radical (unpaired) electrons. The van der Waals surface area contributed by atoms with Crippen molar-refractivity contribution in [2.45, 2.75) is 194 Å². The first-order valence-corrected chi connectivity index (χ1v) is 17.3. The molecular formula is C36H66CoO4. The van der Waals surface area contributed by atoms with Crippen LogP contribution in [0.2, 0.25) is 0 Å². The first-order valence-electron chi connectivity index (χ1n) is 17.3. The third-order valence-electron chi connectivity index (χ3n) is 7.46. The molecule has 41 heavy (non-hydrogen) atoms. The van der Waals surface area contributed by atoms with Crippen molar-refractivity contribution in [3.8, 4) is 0 Å². The van der Waals surface area contributed by atoms with Crippen molar-refractivity contribution in [2.75, 3.05) is 0 Å². The minimum atomic E-state index is -1.08. The second kappa shape index (κ2) is 41.1. The Hall–Kier alpha value is -1.07. The molecule has 0 spiro atoms. The number of carbonyl (C=O) groups is 2. The summed E-state index contributed by atoms with van der Waals surface area (Å²) in [6, 6.07) is 0. The van der Waals surface area contributed by atoms with Crippen LogP contribution < -0.4 is 10.2 Å². The van der Waals surface area contributed by atoms with Gasteiger partial charge in [0.05, 0.1) is 11.9 Å². The smallest absolute Gasteiger partial charge is 0.545 e. The van der Waals surface area contributed by atoms with Crippen molar-refractivity contribution in [1.82, 2.24) is 0 Å². The zero-order valence-corrected chi connectivity index (χ0v) is 28.1. The number of carbonyl (C=O) groups excluding carboxylic acids is 2. The standard InChI is InChI=1S/2C18H34O2.Co/c2*1-2-3-4-5-6-7-8-9-10-11-12-13-14-15-16-17-18(19)20;/h2*16-17H,2-15H2,1H3,(H,19,20);/q;;+2/p-2. The van der Waals surface area contributed by atoms with Gasteiger partial charge in [-0.1, -0.05) is 180 Å². The summed E-state index contributed by atoms with van der Waals surface area (Å²) >= 11 is 0. The van der Waals surface area contributed by atoms with Crippen molar-refractivity contribution in [2.24, 2.45) is 0 Å². The molecule has 0 aliphatic rings. The van der Waals surface area contributed by atoms with Gasteiger partial charge in [0, 0.05) is 0 Å². The van der Waals surface area contributed by atoms with E-state index in [-0.39, 0.29) is 16.8 Å². The van der Waals surface area contributed by atoms with Crippen molar-refractivity contribution in [1.29, 1.82) is 0 Å². The van der Waals surface area contributed by atoms with Crippen molar-refractivity contribution >= 4 is 11.9 Å². The number of carboxylic acid groups (broad SMARTS) is 2. The third kappa shape index (κ3) is 49.0. The van der Waals surface area contributed by atoms with Crippen molar-refractivity contribution < 1.29 is 36.6 Å². The van der Waals surface area contributed by atoms with Gasteiger partial charge in [-0.15, -0.1) is 0 Å². The van der Waals surface area contributed by atoms with E-state index in [2.05, 4.69) is 13.8 Å². The Balaban J connectivity index is -0.000000688. The van der Waals surface area contributed by atoms with Crippen LogP contribution in [-0.2, 0) is 26.4 Å².